The van der Waals surface area contributed by atoms with Gasteiger partial charge in [-0.3, -0.25) is 0 Å². The van der Waals surface area contributed by atoms with Gasteiger partial charge in [-0.05, 0) is 50.8 Å². The van der Waals surface area contributed by atoms with Gasteiger partial charge in [-0.1, -0.05) is 24.1 Å². The minimum absolute atomic E-state index is 0.176. The molecule has 0 amide bonds. The molecule has 0 aliphatic heterocycles. The Morgan fingerprint density at radius 2 is 2.00 bits per heavy atom. The first-order chi connectivity index (χ1) is 9.61. The molecular weight excluding hydrogens is 254 g/mol. The summed E-state index contributed by atoms with van der Waals surface area (Å²) in [7, 11) is 0. The summed E-state index contributed by atoms with van der Waals surface area (Å²) < 4.78 is 6.04. The highest BCUT2D eigenvalue weighted by Crippen LogP contribution is 2.27. The van der Waals surface area contributed by atoms with Gasteiger partial charge in [0, 0.05) is 5.56 Å². The van der Waals surface area contributed by atoms with E-state index in [1.165, 1.54) is 0 Å². The largest absolute Gasteiger partial charge is 0.487 e. The minimum atomic E-state index is -0.419. The SMILES string of the molecule is CC(=NO)c1ccc(C)cc1OC1CCCCCC1O. The van der Waals surface area contributed by atoms with E-state index in [9.17, 15) is 5.11 Å². The highest BCUT2D eigenvalue weighted by atomic mass is 16.5. The molecule has 2 N–H and O–H groups in total. The van der Waals surface area contributed by atoms with Crippen LogP contribution in [0.15, 0.2) is 23.4 Å². The maximum atomic E-state index is 10.2. The fourth-order valence-corrected chi connectivity index (χ4v) is 2.63. The zero-order valence-corrected chi connectivity index (χ0v) is 12.2. The number of hydrogen-bond acceptors (Lipinski definition) is 4. The average Bonchev–Trinajstić information content (AvgIpc) is 2.64. The van der Waals surface area contributed by atoms with Gasteiger partial charge < -0.3 is 15.1 Å². The van der Waals surface area contributed by atoms with Crippen molar-refractivity contribution >= 4 is 5.71 Å². The Balaban J connectivity index is 2.24. The van der Waals surface area contributed by atoms with E-state index in [1.54, 1.807) is 6.92 Å². The molecular formula is C16H23NO3. The second kappa shape index (κ2) is 6.75. The van der Waals surface area contributed by atoms with E-state index in [4.69, 9.17) is 9.94 Å². The number of oxime groups is 1. The molecule has 0 bridgehead atoms. The highest BCUT2D eigenvalue weighted by molar-refractivity contribution is 6.00. The van der Waals surface area contributed by atoms with E-state index < -0.39 is 6.10 Å². The van der Waals surface area contributed by atoms with Crippen LogP contribution in [0.3, 0.4) is 0 Å². The maximum Gasteiger partial charge on any atom is 0.129 e. The summed E-state index contributed by atoms with van der Waals surface area (Å²) in [5, 5.41) is 22.4. The van der Waals surface area contributed by atoms with Crippen LogP contribution in [0.1, 0.15) is 50.2 Å². The maximum absolute atomic E-state index is 10.2. The quantitative estimate of drug-likeness (QED) is 0.386. The zero-order chi connectivity index (χ0) is 14.5. The van der Waals surface area contributed by atoms with Gasteiger partial charge in [0.2, 0.25) is 0 Å². The van der Waals surface area contributed by atoms with Crippen molar-refractivity contribution in [3.63, 3.8) is 0 Å². The van der Waals surface area contributed by atoms with Crippen molar-refractivity contribution in [1.82, 2.24) is 0 Å². The number of aryl methyl sites for hydroxylation is 1. The molecule has 0 saturated heterocycles. The number of ether oxygens (including phenoxy) is 1. The van der Waals surface area contributed by atoms with Crippen molar-refractivity contribution in [2.75, 3.05) is 0 Å². The Kier molecular flexibility index (Phi) is 5.01. The molecule has 0 aromatic heterocycles. The average molecular weight is 277 g/mol. The molecule has 1 aromatic rings. The third kappa shape index (κ3) is 3.51. The van der Waals surface area contributed by atoms with Crippen LogP contribution in [0, 0.1) is 6.92 Å². The summed E-state index contributed by atoms with van der Waals surface area (Å²) in [4.78, 5) is 0. The molecule has 1 aliphatic rings. The molecule has 4 heteroatoms. The fourth-order valence-electron chi connectivity index (χ4n) is 2.63. The van der Waals surface area contributed by atoms with Crippen LogP contribution < -0.4 is 4.74 Å². The summed E-state index contributed by atoms with van der Waals surface area (Å²) in [5.41, 5.74) is 2.37. The van der Waals surface area contributed by atoms with Gasteiger partial charge in [-0.15, -0.1) is 0 Å². The molecule has 110 valence electrons. The Labute approximate surface area is 120 Å². The predicted molar refractivity (Wildman–Crippen MR) is 78.7 cm³/mol. The molecule has 1 aliphatic carbocycles. The third-order valence-corrected chi connectivity index (χ3v) is 3.87. The Hall–Kier alpha value is -1.55. The number of aliphatic hydroxyl groups is 1. The third-order valence-electron chi connectivity index (χ3n) is 3.87. The second-order valence-electron chi connectivity index (χ2n) is 5.55. The predicted octanol–water partition coefficient (Wildman–Crippen LogP) is 3.27. The van der Waals surface area contributed by atoms with Crippen molar-refractivity contribution in [2.24, 2.45) is 5.16 Å². The van der Waals surface area contributed by atoms with E-state index in [0.717, 1.165) is 43.2 Å². The Bertz CT molecular complexity index is 485. The monoisotopic (exact) mass is 277 g/mol. The normalized spacial score (nSPS) is 24.2. The Morgan fingerprint density at radius 1 is 1.25 bits per heavy atom. The molecule has 1 saturated carbocycles. The number of nitrogens with zero attached hydrogens (tertiary/aromatic N) is 1. The molecule has 2 atom stereocenters. The van der Waals surface area contributed by atoms with Crippen LogP contribution in [-0.2, 0) is 0 Å². The van der Waals surface area contributed by atoms with Crippen LogP contribution in [-0.4, -0.2) is 28.2 Å². The molecule has 1 aromatic carbocycles. The lowest BCUT2D eigenvalue weighted by molar-refractivity contribution is 0.0318. The summed E-state index contributed by atoms with van der Waals surface area (Å²) in [6, 6.07) is 5.78. The number of rotatable bonds is 3. The smallest absolute Gasteiger partial charge is 0.129 e. The Morgan fingerprint density at radius 3 is 2.75 bits per heavy atom. The van der Waals surface area contributed by atoms with Crippen LogP contribution in [0.25, 0.3) is 0 Å². The van der Waals surface area contributed by atoms with Gasteiger partial charge in [0.1, 0.15) is 11.9 Å². The first kappa shape index (κ1) is 14.9. The summed E-state index contributed by atoms with van der Waals surface area (Å²) in [6.45, 7) is 3.73. The molecule has 20 heavy (non-hydrogen) atoms. The molecule has 2 unspecified atom stereocenters. The van der Waals surface area contributed by atoms with Gasteiger partial charge in [-0.25, -0.2) is 0 Å². The van der Waals surface area contributed by atoms with Gasteiger partial charge in [-0.2, -0.15) is 0 Å². The van der Waals surface area contributed by atoms with E-state index >= 15 is 0 Å². The first-order valence-electron chi connectivity index (χ1n) is 7.26. The van der Waals surface area contributed by atoms with Crippen molar-refractivity contribution < 1.29 is 15.1 Å². The summed E-state index contributed by atoms with van der Waals surface area (Å²) >= 11 is 0. The lowest BCUT2D eigenvalue weighted by atomic mass is 10.1. The van der Waals surface area contributed by atoms with E-state index in [0.29, 0.717) is 11.5 Å². The standard InChI is InChI=1S/C16H23NO3/c1-11-8-9-13(12(2)17-19)16(10-11)20-15-7-5-3-4-6-14(15)18/h8-10,14-15,18-19H,3-7H2,1-2H3. The summed E-state index contributed by atoms with van der Waals surface area (Å²) in [5.74, 6) is 0.686. The van der Waals surface area contributed by atoms with Gasteiger partial charge in [0.05, 0.1) is 11.8 Å². The topological polar surface area (TPSA) is 62.1 Å². The first-order valence-corrected chi connectivity index (χ1v) is 7.26. The van der Waals surface area contributed by atoms with Gasteiger partial charge >= 0.3 is 0 Å². The van der Waals surface area contributed by atoms with Crippen molar-refractivity contribution in [3.05, 3.63) is 29.3 Å². The van der Waals surface area contributed by atoms with Gasteiger partial charge in [0.25, 0.3) is 0 Å². The lowest BCUT2D eigenvalue weighted by Gasteiger charge is -2.23. The molecule has 4 nitrogen and oxygen atoms in total. The van der Waals surface area contributed by atoms with E-state index in [1.807, 2.05) is 25.1 Å². The number of hydrogen-bond donors (Lipinski definition) is 2. The van der Waals surface area contributed by atoms with Crippen LogP contribution >= 0.6 is 0 Å². The van der Waals surface area contributed by atoms with E-state index in [-0.39, 0.29) is 6.10 Å². The van der Waals surface area contributed by atoms with Crippen LogP contribution in [0.5, 0.6) is 5.75 Å². The minimum Gasteiger partial charge on any atom is -0.487 e. The molecule has 0 heterocycles. The molecule has 1 fully saturated rings. The lowest BCUT2D eigenvalue weighted by Crippen LogP contribution is -2.31. The fraction of sp³-hybridized carbons (Fsp3) is 0.562. The number of aliphatic hydroxyl groups excluding tert-OH is 1. The van der Waals surface area contributed by atoms with Crippen molar-refractivity contribution in [3.8, 4) is 5.75 Å². The molecule has 2 rings (SSSR count). The van der Waals surface area contributed by atoms with E-state index in [2.05, 4.69) is 5.16 Å². The number of benzene rings is 1. The van der Waals surface area contributed by atoms with Crippen molar-refractivity contribution in [1.29, 1.82) is 0 Å². The van der Waals surface area contributed by atoms with Gasteiger partial charge in [0.15, 0.2) is 0 Å². The van der Waals surface area contributed by atoms with Crippen LogP contribution in [0.4, 0.5) is 0 Å². The van der Waals surface area contributed by atoms with Crippen LogP contribution in [0.2, 0.25) is 0 Å². The molecule has 0 spiro atoms. The second-order valence-corrected chi connectivity index (χ2v) is 5.55. The van der Waals surface area contributed by atoms with Crippen molar-refractivity contribution in [2.45, 2.75) is 58.2 Å². The molecule has 0 radical (unpaired) electrons. The summed E-state index contributed by atoms with van der Waals surface area (Å²) in [6.07, 6.45) is 4.34. The zero-order valence-electron chi connectivity index (χ0n) is 12.2. The highest BCUT2D eigenvalue weighted by Gasteiger charge is 2.24.